The molecule has 2 N–H and O–H groups in total. The first kappa shape index (κ1) is 12.6. The Morgan fingerprint density at radius 2 is 2.22 bits per heavy atom. The second-order valence-corrected chi connectivity index (χ2v) is 4.15. The molecule has 4 heteroatoms. The predicted octanol–water partition coefficient (Wildman–Crippen LogP) is 1.99. The van der Waals surface area contributed by atoms with Crippen molar-refractivity contribution in [2.24, 2.45) is 12.8 Å². The molecular formula is C14H19N3O. The highest BCUT2D eigenvalue weighted by Gasteiger charge is 2.10. The summed E-state index contributed by atoms with van der Waals surface area (Å²) in [5.74, 6) is 0.874. The second kappa shape index (κ2) is 5.69. The fourth-order valence-electron chi connectivity index (χ4n) is 2.03. The minimum absolute atomic E-state index is 0.623. The highest BCUT2D eigenvalue weighted by Crippen LogP contribution is 2.25. The summed E-state index contributed by atoms with van der Waals surface area (Å²) in [5.41, 5.74) is 8.87. The van der Waals surface area contributed by atoms with Crippen LogP contribution in [0.1, 0.15) is 12.6 Å². The molecule has 18 heavy (non-hydrogen) atoms. The minimum Gasteiger partial charge on any atom is -0.494 e. The van der Waals surface area contributed by atoms with Crippen LogP contribution in [0.15, 0.2) is 30.6 Å². The molecule has 0 radical (unpaired) electrons. The van der Waals surface area contributed by atoms with Crippen LogP contribution in [0.25, 0.3) is 11.3 Å². The third-order valence-corrected chi connectivity index (χ3v) is 2.86. The summed E-state index contributed by atoms with van der Waals surface area (Å²) in [4.78, 5) is 4.46. The molecule has 0 spiro atoms. The molecule has 0 aliphatic carbocycles. The van der Waals surface area contributed by atoms with Crippen LogP contribution >= 0.6 is 0 Å². The first-order valence-electron chi connectivity index (χ1n) is 6.19. The van der Waals surface area contributed by atoms with Gasteiger partial charge in [0, 0.05) is 24.7 Å². The summed E-state index contributed by atoms with van der Waals surface area (Å²) in [7, 11) is 1.99. The number of imidazole rings is 1. The van der Waals surface area contributed by atoms with E-state index in [2.05, 4.69) is 4.98 Å². The SMILES string of the molecule is CCOc1cccc(-c2ncn(C)c2CCN)c1. The van der Waals surface area contributed by atoms with Crippen LogP contribution in [-0.2, 0) is 13.5 Å². The molecule has 4 nitrogen and oxygen atoms in total. The lowest BCUT2D eigenvalue weighted by atomic mass is 10.1. The van der Waals surface area contributed by atoms with E-state index in [0.717, 1.165) is 29.1 Å². The largest absolute Gasteiger partial charge is 0.494 e. The Kier molecular flexibility index (Phi) is 3.99. The normalized spacial score (nSPS) is 10.6. The van der Waals surface area contributed by atoms with Crippen LogP contribution < -0.4 is 10.5 Å². The fraction of sp³-hybridized carbons (Fsp3) is 0.357. The topological polar surface area (TPSA) is 53.1 Å². The summed E-state index contributed by atoms with van der Waals surface area (Å²) < 4.78 is 7.54. The van der Waals surface area contributed by atoms with Crippen LogP contribution in [-0.4, -0.2) is 22.7 Å². The quantitative estimate of drug-likeness (QED) is 0.876. The molecule has 0 unspecified atom stereocenters. The van der Waals surface area contributed by atoms with E-state index in [0.29, 0.717) is 13.2 Å². The monoisotopic (exact) mass is 245 g/mol. The summed E-state index contributed by atoms with van der Waals surface area (Å²) in [6, 6.07) is 8.01. The number of hydrogen-bond donors (Lipinski definition) is 1. The Bertz CT molecular complexity index is 520. The molecular weight excluding hydrogens is 226 g/mol. The van der Waals surface area contributed by atoms with Crippen molar-refractivity contribution in [1.29, 1.82) is 0 Å². The van der Waals surface area contributed by atoms with E-state index in [-0.39, 0.29) is 0 Å². The third kappa shape index (κ3) is 2.54. The zero-order valence-corrected chi connectivity index (χ0v) is 10.9. The number of ether oxygens (including phenoxy) is 1. The third-order valence-electron chi connectivity index (χ3n) is 2.86. The van der Waals surface area contributed by atoms with Gasteiger partial charge in [0.1, 0.15) is 5.75 Å². The fourth-order valence-corrected chi connectivity index (χ4v) is 2.03. The lowest BCUT2D eigenvalue weighted by Gasteiger charge is -2.07. The van der Waals surface area contributed by atoms with Gasteiger partial charge in [0.2, 0.25) is 0 Å². The number of aromatic nitrogens is 2. The first-order chi connectivity index (χ1) is 8.76. The Labute approximate surface area is 107 Å². The molecule has 96 valence electrons. The van der Waals surface area contributed by atoms with Gasteiger partial charge in [-0.25, -0.2) is 4.98 Å². The van der Waals surface area contributed by atoms with E-state index in [4.69, 9.17) is 10.5 Å². The minimum atomic E-state index is 0.623. The highest BCUT2D eigenvalue weighted by molar-refractivity contribution is 5.63. The molecule has 0 saturated heterocycles. The van der Waals surface area contributed by atoms with Crippen molar-refractivity contribution >= 4 is 0 Å². The summed E-state index contributed by atoms with van der Waals surface area (Å²) >= 11 is 0. The lowest BCUT2D eigenvalue weighted by Crippen LogP contribution is -2.07. The van der Waals surface area contributed by atoms with Gasteiger partial charge in [-0.2, -0.15) is 0 Å². The molecule has 0 aliphatic rings. The van der Waals surface area contributed by atoms with Gasteiger partial charge in [-0.05, 0) is 25.6 Å². The molecule has 0 aliphatic heterocycles. The number of benzene rings is 1. The average molecular weight is 245 g/mol. The molecule has 0 atom stereocenters. The van der Waals surface area contributed by atoms with Crippen molar-refractivity contribution in [2.75, 3.05) is 13.2 Å². The number of aryl methyl sites for hydroxylation is 1. The zero-order valence-electron chi connectivity index (χ0n) is 10.9. The smallest absolute Gasteiger partial charge is 0.119 e. The zero-order chi connectivity index (χ0) is 13.0. The number of nitrogens with two attached hydrogens (primary N) is 1. The van der Waals surface area contributed by atoms with Gasteiger partial charge in [-0.1, -0.05) is 12.1 Å². The van der Waals surface area contributed by atoms with Crippen LogP contribution in [0.3, 0.4) is 0 Å². The van der Waals surface area contributed by atoms with Crippen LogP contribution in [0, 0.1) is 0 Å². The van der Waals surface area contributed by atoms with Crippen molar-refractivity contribution in [3.63, 3.8) is 0 Å². The Hall–Kier alpha value is -1.81. The number of hydrogen-bond acceptors (Lipinski definition) is 3. The van der Waals surface area contributed by atoms with Gasteiger partial charge in [0.25, 0.3) is 0 Å². The van der Waals surface area contributed by atoms with E-state index in [9.17, 15) is 0 Å². The second-order valence-electron chi connectivity index (χ2n) is 4.15. The van der Waals surface area contributed by atoms with Gasteiger partial charge in [0.15, 0.2) is 0 Å². The number of rotatable bonds is 5. The van der Waals surface area contributed by atoms with Gasteiger partial charge in [-0.15, -0.1) is 0 Å². The van der Waals surface area contributed by atoms with Crippen LogP contribution in [0.5, 0.6) is 5.75 Å². The summed E-state index contributed by atoms with van der Waals surface area (Å²) in [5, 5.41) is 0. The first-order valence-corrected chi connectivity index (χ1v) is 6.19. The standard InChI is InChI=1S/C14H19N3O/c1-3-18-12-6-4-5-11(9-12)14-13(7-8-15)17(2)10-16-14/h4-6,9-10H,3,7-8,15H2,1-2H3. The number of nitrogens with zero attached hydrogens (tertiary/aromatic N) is 2. The van der Waals surface area contributed by atoms with Crippen LogP contribution in [0.4, 0.5) is 0 Å². The van der Waals surface area contributed by atoms with E-state index < -0.39 is 0 Å². The summed E-state index contributed by atoms with van der Waals surface area (Å²) in [6.07, 6.45) is 2.65. The van der Waals surface area contributed by atoms with Gasteiger partial charge in [0.05, 0.1) is 18.6 Å². The molecule has 2 rings (SSSR count). The molecule has 0 bridgehead atoms. The van der Waals surface area contributed by atoms with Crippen molar-refractivity contribution in [2.45, 2.75) is 13.3 Å². The van der Waals surface area contributed by atoms with Crippen molar-refractivity contribution < 1.29 is 4.74 Å². The Morgan fingerprint density at radius 3 is 2.94 bits per heavy atom. The maximum Gasteiger partial charge on any atom is 0.119 e. The van der Waals surface area contributed by atoms with E-state index in [1.807, 2.05) is 49.1 Å². The molecule has 1 aromatic carbocycles. The predicted molar refractivity (Wildman–Crippen MR) is 72.6 cm³/mol. The molecule has 0 amide bonds. The molecule has 0 saturated carbocycles. The van der Waals surface area contributed by atoms with Gasteiger partial charge < -0.3 is 15.0 Å². The molecule has 2 aromatic rings. The van der Waals surface area contributed by atoms with E-state index >= 15 is 0 Å². The molecule has 0 fully saturated rings. The Morgan fingerprint density at radius 1 is 1.39 bits per heavy atom. The van der Waals surface area contributed by atoms with Crippen molar-refractivity contribution in [3.05, 3.63) is 36.3 Å². The Balaban J connectivity index is 2.38. The van der Waals surface area contributed by atoms with Gasteiger partial charge >= 0.3 is 0 Å². The molecule has 1 aromatic heterocycles. The van der Waals surface area contributed by atoms with E-state index in [1.165, 1.54) is 0 Å². The van der Waals surface area contributed by atoms with Crippen LogP contribution in [0.2, 0.25) is 0 Å². The maximum absolute atomic E-state index is 5.65. The highest BCUT2D eigenvalue weighted by atomic mass is 16.5. The van der Waals surface area contributed by atoms with Gasteiger partial charge in [-0.3, -0.25) is 0 Å². The maximum atomic E-state index is 5.65. The summed E-state index contributed by atoms with van der Waals surface area (Å²) in [6.45, 7) is 3.27. The van der Waals surface area contributed by atoms with Crippen molar-refractivity contribution in [1.82, 2.24) is 9.55 Å². The molecule has 1 heterocycles. The average Bonchev–Trinajstić information content (AvgIpc) is 2.73. The lowest BCUT2D eigenvalue weighted by molar-refractivity contribution is 0.340. The van der Waals surface area contributed by atoms with Crippen molar-refractivity contribution in [3.8, 4) is 17.0 Å². The van der Waals surface area contributed by atoms with E-state index in [1.54, 1.807) is 0 Å².